The number of hydrogen-bond donors (Lipinski definition) is 2. The maximum absolute atomic E-state index is 12.2. The number of anilines is 2. The van der Waals surface area contributed by atoms with Gasteiger partial charge in [-0.3, -0.25) is 9.59 Å². The summed E-state index contributed by atoms with van der Waals surface area (Å²) in [7, 11) is 0. The van der Waals surface area contributed by atoms with E-state index in [4.69, 9.17) is 0 Å². The van der Waals surface area contributed by atoms with Crippen LogP contribution in [0.25, 0.3) is 0 Å². The second kappa shape index (κ2) is 6.65. The minimum absolute atomic E-state index is 0.227. The van der Waals surface area contributed by atoms with E-state index in [-0.39, 0.29) is 11.8 Å². The molecule has 5 heteroatoms. The lowest BCUT2D eigenvalue weighted by Gasteiger charge is -2.07. The molecule has 1 aromatic carbocycles. The zero-order valence-electron chi connectivity index (χ0n) is 12.0. The minimum Gasteiger partial charge on any atom is -0.322 e. The topological polar surface area (TPSA) is 71.1 Å². The normalized spacial score (nSPS) is 10.0. The van der Waals surface area contributed by atoms with Gasteiger partial charge in [-0.15, -0.1) is 0 Å². The highest BCUT2D eigenvalue weighted by Gasteiger charge is 2.08. The van der Waals surface area contributed by atoms with Crippen LogP contribution in [0.1, 0.15) is 29.8 Å². The first-order valence-corrected chi connectivity index (χ1v) is 6.72. The summed E-state index contributed by atoms with van der Waals surface area (Å²) in [5.41, 5.74) is 2.38. The summed E-state index contributed by atoms with van der Waals surface area (Å²) in [5, 5.41) is 5.36. The van der Waals surface area contributed by atoms with Crippen molar-refractivity contribution in [2.45, 2.75) is 20.3 Å². The van der Waals surface area contributed by atoms with Gasteiger partial charge in [-0.1, -0.05) is 19.1 Å². The number of aryl methyl sites for hydroxylation is 1. The molecule has 1 aromatic heterocycles. The SMILES string of the molecule is CCc1ccc(NC(=O)c2ccnc(NC(C)=O)c2)cc1. The van der Waals surface area contributed by atoms with Crippen LogP contribution in [0, 0.1) is 0 Å². The molecule has 2 amide bonds. The first-order valence-electron chi connectivity index (χ1n) is 6.72. The molecular formula is C16H17N3O2. The Morgan fingerprint density at radius 1 is 1.10 bits per heavy atom. The zero-order chi connectivity index (χ0) is 15.2. The third kappa shape index (κ3) is 4.14. The number of rotatable bonds is 4. The van der Waals surface area contributed by atoms with Gasteiger partial charge < -0.3 is 10.6 Å². The fourth-order valence-electron chi connectivity index (χ4n) is 1.85. The van der Waals surface area contributed by atoms with Crippen molar-refractivity contribution < 1.29 is 9.59 Å². The predicted octanol–water partition coefficient (Wildman–Crippen LogP) is 2.85. The molecule has 0 saturated carbocycles. The quantitative estimate of drug-likeness (QED) is 0.906. The van der Waals surface area contributed by atoms with Gasteiger partial charge in [0.25, 0.3) is 5.91 Å². The molecule has 0 fully saturated rings. The number of nitrogens with one attached hydrogen (secondary N) is 2. The third-order valence-corrected chi connectivity index (χ3v) is 2.95. The molecule has 21 heavy (non-hydrogen) atoms. The summed E-state index contributed by atoms with van der Waals surface area (Å²) in [6.45, 7) is 3.47. The molecule has 0 aliphatic heterocycles. The third-order valence-electron chi connectivity index (χ3n) is 2.95. The predicted molar refractivity (Wildman–Crippen MR) is 82.3 cm³/mol. The number of pyridine rings is 1. The number of benzene rings is 1. The average Bonchev–Trinajstić information content (AvgIpc) is 2.47. The molecule has 0 saturated heterocycles. The van der Waals surface area contributed by atoms with Crippen molar-refractivity contribution in [1.82, 2.24) is 4.98 Å². The molecular weight excluding hydrogens is 266 g/mol. The molecule has 0 radical (unpaired) electrons. The summed E-state index contributed by atoms with van der Waals surface area (Å²) in [6, 6.07) is 10.8. The van der Waals surface area contributed by atoms with Gasteiger partial charge in [-0.05, 0) is 36.2 Å². The molecule has 0 unspecified atom stereocenters. The maximum atomic E-state index is 12.2. The first-order chi connectivity index (χ1) is 10.1. The van der Waals surface area contributed by atoms with Crippen molar-refractivity contribution >= 4 is 23.3 Å². The number of nitrogens with zero attached hydrogens (tertiary/aromatic N) is 1. The Morgan fingerprint density at radius 3 is 2.43 bits per heavy atom. The van der Waals surface area contributed by atoms with Crippen molar-refractivity contribution in [2.75, 3.05) is 10.6 Å². The highest BCUT2D eigenvalue weighted by molar-refractivity contribution is 6.05. The largest absolute Gasteiger partial charge is 0.322 e. The van der Waals surface area contributed by atoms with Crippen LogP contribution >= 0.6 is 0 Å². The van der Waals surface area contributed by atoms with Gasteiger partial charge in [0.2, 0.25) is 5.91 Å². The molecule has 0 spiro atoms. The number of carbonyl (C=O) groups is 2. The molecule has 1 heterocycles. The zero-order valence-corrected chi connectivity index (χ0v) is 12.0. The number of amides is 2. The number of hydrogen-bond acceptors (Lipinski definition) is 3. The molecule has 2 N–H and O–H groups in total. The fourth-order valence-corrected chi connectivity index (χ4v) is 1.85. The molecule has 108 valence electrons. The van der Waals surface area contributed by atoms with Crippen LogP contribution in [0.4, 0.5) is 11.5 Å². The van der Waals surface area contributed by atoms with Crippen LogP contribution < -0.4 is 10.6 Å². The van der Waals surface area contributed by atoms with Crippen LogP contribution in [-0.4, -0.2) is 16.8 Å². The summed E-state index contributed by atoms with van der Waals surface area (Å²) in [5.74, 6) is -0.111. The van der Waals surface area contributed by atoms with E-state index in [0.717, 1.165) is 12.1 Å². The molecule has 2 rings (SSSR count). The first kappa shape index (κ1) is 14.7. The standard InChI is InChI=1S/C16H17N3O2/c1-3-12-4-6-14(7-5-12)19-16(21)13-8-9-17-15(10-13)18-11(2)20/h4-10H,3H2,1-2H3,(H,19,21)(H,17,18,20). The van der Waals surface area contributed by atoms with E-state index in [2.05, 4.69) is 22.5 Å². The van der Waals surface area contributed by atoms with E-state index in [9.17, 15) is 9.59 Å². The van der Waals surface area contributed by atoms with Gasteiger partial charge in [-0.2, -0.15) is 0 Å². The molecule has 0 atom stereocenters. The van der Waals surface area contributed by atoms with Gasteiger partial charge in [-0.25, -0.2) is 4.98 Å². The van der Waals surface area contributed by atoms with Gasteiger partial charge in [0.1, 0.15) is 5.82 Å². The summed E-state index contributed by atoms with van der Waals surface area (Å²) >= 11 is 0. The Hall–Kier alpha value is -2.69. The fraction of sp³-hybridized carbons (Fsp3) is 0.188. The highest BCUT2D eigenvalue weighted by atomic mass is 16.2. The van der Waals surface area contributed by atoms with E-state index in [1.807, 2.05) is 24.3 Å². The maximum Gasteiger partial charge on any atom is 0.255 e. The molecule has 2 aromatic rings. The van der Waals surface area contributed by atoms with Crippen molar-refractivity contribution in [3.8, 4) is 0 Å². The van der Waals surface area contributed by atoms with Crippen molar-refractivity contribution in [3.05, 3.63) is 53.7 Å². The van der Waals surface area contributed by atoms with Gasteiger partial charge in [0, 0.05) is 24.4 Å². The monoisotopic (exact) mass is 283 g/mol. The van der Waals surface area contributed by atoms with E-state index in [1.54, 1.807) is 6.07 Å². The second-order valence-electron chi connectivity index (χ2n) is 4.62. The lowest BCUT2D eigenvalue weighted by Crippen LogP contribution is -2.13. The van der Waals surface area contributed by atoms with Gasteiger partial charge in [0.15, 0.2) is 0 Å². The van der Waals surface area contributed by atoms with E-state index in [1.165, 1.54) is 24.8 Å². The Bertz CT molecular complexity index is 651. The van der Waals surface area contributed by atoms with Crippen molar-refractivity contribution in [1.29, 1.82) is 0 Å². The molecule has 0 bridgehead atoms. The lowest BCUT2D eigenvalue weighted by atomic mass is 10.1. The van der Waals surface area contributed by atoms with Crippen LogP contribution in [0.2, 0.25) is 0 Å². The Labute approximate surface area is 123 Å². The Kier molecular flexibility index (Phi) is 4.66. The van der Waals surface area contributed by atoms with Gasteiger partial charge >= 0.3 is 0 Å². The number of aromatic nitrogens is 1. The smallest absolute Gasteiger partial charge is 0.255 e. The summed E-state index contributed by atoms with van der Waals surface area (Å²) in [4.78, 5) is 27.1. The Morgan fingerprint density at radius 2 is 1.81 bits per heavy atom. The Balaban J connectivity index is 2.10. The highest BCUT2D eigenvalue weighted by Crippen LogP contribution is 2.13. The number of carbonyl (C=O) groups excluding carboxylic acids is 2. The van der Waals surface area contributed by atoms with Crippen molar-refractivity contribution in [2.24, 2.45) is 0 Å². The summed E-state index contributed by atoms with van der Waals surface area (Å²) in [6.07, 6.45) is 2.44. The lowest BCUT2D eigenvalue weighted by molar-refractivity contribution is -0.114. The van der Waals surface area contributed by atoms with Crippen LogP contribution in [0.3, 0.4) is 0 Å². The van der Waals surface area contributed by atoms with E-state index < -0.39 is 0 Å². The second-order valence-corrected chi connectivity index (χ2v) is 4.62. The molecule has 0 aliphatic carbocycles. The summed E-state index contributed by atoms with van der Waals surface area (Å²) < 4.78 is 0. The molecule has 5 nitrogen and oxygen atoms in total. The minimum atomic E-state index is -0.242. The average molecular weight is 283 g/mol. The van der Waals surface area contributed by atoms with Gasteiger partial charge in [0.05, 0.1) is 0 Å². The van der Waals surface area contributed by atoms with E-state index in [0.29, 0.717) is 11.4 Å². The van der Waals surface area contributed by atoms with Crippen LogP contribution in [0.15, 0.2) is 42.6 Å². The van der Waals surface area contributed by atoms with Crippen LogP contribution in [-0.2, 0) is 11.2 Å². The van der Waals surface area contributed by atoms with Crippen LogP contribution in [0.5, 0.6) is 0 Å². The molecule has 0 aliphatic rings. The van der Waals surface area contributed by atoms with E-state index >= 15 is 0 Å². The van der Waals surface area contributed by atoms with Crippen molar-refractivity contribution in [3.63, 3.8) is 0 Å².